The number of hydrogen-bond acceptors (Lipinski definition) is 7. The standard InChI is InChI=1S/C23H26N2O7S/c1-24(18-5-3-2-4-6-18)22(26)16-32-23(27)17-9-11-25(12-10-17)33(28,29)19-7-8-20-21(15-19)31-14-13-30-20/h2-8,15,17H,9-14,16H2,1H3. The Morgan fingerprint density at radius 2 is 1.70 bits per heavy atom. The Bertz CT molecular complexity index is 1110. The van der Waals surface area contributed by atoms with Gasteiger partial charge in [-0.15, -0.1) is 0 Å². The normalized spacial score (nSPS) is 16.8. The van der Waals surface area contributed by atoms with Crippen LogP contribution in [0.5, 0.6) is 11.5 Å². The van der Waals surface area contributed by atoms with Crippen LogP contribution in [-0.2, 0) is 24.3 Å². The topological polar surface area (TPSA) is 102 Å². The van der Waals surface area contributed by atoms with Gasteiger partial charge >= 0.3 is 5.97 Å². The number of fused-ring (bicyclic) bond motifs is 1. The van der Waals surface area contributed by atoms with Crippen LogP contribution in [0.1, 0.15) is 12.8 Å². The molecule has 1 saturated heterocycles. The largest absolute Gasteiger partial charge is 0.486 e. The van der Waals surface area contributed by atoms with Gasteiger partial charge in [-0.05, 0) is 37.1 Å². The van der Waals surface area contributed by atoms with Crippen LogP contribution in [0.25, 0.3) is 0 Å². The first-order valence-corrected chi connectivity index (χ1v) is 12.2. The molecule has 2 aromatic rings. The van der Waals surface area contributed by atoms with Crippen molar-refractivity contribution in [3.8, 4) is 11.5 Å². The Labute approximate surface area is 192 Å². The maximum absolute atomic E-state index is 13.0. The van der Waals surface area contributed by atoms with Crippen LogP contribution in [-0.4, -0.2) is 64.6 Å². The van der Waals surface area contributed by atoms with E-state index in [9.17, 15) is 18.0 Å². The summed E-state index contributed by atoms with van der Waals surface area (Å²) in [5.41, 5.74) is 0.705. The summed E-state index contributed by atoms with van der Waals surface area (Å²) in [6, 6.07) is 13.6. The maximum Gasteiger partial charge on any atom is 0.309 e. The zero-order valence-electron chi connectivity index (χ0n) is 18.3. The fourth-order valence-corrected chi connectivity index (χ4v) is 5.29. The Balaban J connectivity index is 1.30. The van der Waals surface area contributed by atoms with Gasteiger partial charge in [-0.1, -0.05) is 18.2 Å². The summed E-state index contributed by atoms with van der Waals surface area (Å²) >= 11 is 0. The van der Waals surface area contributed by atoms with Gasteiger partial charge in [0, 0.05) is 31.9 Å². The van der Waals surface area contributed by atoms with Gasteiger partial charge < -0.3 is 19.1 Å². The number of carbonyl (C=O) groups excluding carboxylic acids is 2. The van der Waals surface area contributed by atoms with Crippen LogP contribution in [0.4, 0.5) is 5.69 Å². The van der Waals surface area contributed by atoms with E-state index in [1.807, 2.05) is 18.2 Å². The molecule has 0 unspecified atom stereocenters. The van der Waals surface area contributed by atoms with Gasteiger partial charge in [0.15, 0.2) is 18.1 Å². The number of esters is 1. The molecule has 2 aliphatic rings. The van der Waals surface area contributed by atoms with Crippen molar-refractivity contribution in [1.29, 1.82) is 0 Å². The van der Waals surface area contributed by atoms with E-state index in [1.54, 1.807) is 25.2 Å². The van der Waals surface area contributed by atoms with Gasteiger partial charge in [-0.3, -0.25) is 9.59 Å². The van der Waals surface area contributed by atoms with Crippen molar-refractivity contribution < 1.29 is 32.2 Å². The molecule has 2 aromatic carbocycles. The molecule has 0 aliphatic carbocycles. The lowest BCUT2D eigenvalue weighted by Crippen LogP contribution is -2.41. The molecule has 0 radical (unpaired) electrons. The van der Waals surface area contributed by atoms with Crippen molar-refractivity contribution in [2.45, 2.75) is 17.7 Å². The number of rotatable bonds is 6. The third-order valence-corrected chi connectivity index (χ3v) is 7.69. The van der Waals surface area contributed by atoms with E-state index in [-0.39, 0.29) is 30.5 Å². The fraction of sp³-hybridized carbons (Fsp3) is 0.391. The second kappa shape index (κ2) is 9.80. The number of carbonyl (C=O) groups is 2. The predicted octanol–water partition coefficient (Wildman–Crippen LogP) is 2.06. The number of sulfonamides is 1. The molecule has 2 aliphatic heterocycles. The summed E-state index contributed by atoms with van der Waals surface area (Å²) in [5.74, 6) is -0.346. The monoisotopic (exact) mass is 474 g/mol. The van der Waals surface area contributed by atoms with Crippen LogP contribution in [0.3, 0.4) is 0 Å². The van der Waals surface area contributed by atoms with Gasteiger partial charge in [-0.2, -0.15) is 4.31 Å². The van der Waals surface area contributed by atoms with E-state index >= 15 is 0 Å². The number of ether oxygens (including phenoxy) is 3. The zero-order valence-corrected chi connectivity index (χ0v) is 19.1. The van der Waals surface area contributed by atoms with E-state index < -0.39 is 21.9 Å². The molecule has 33 heavy (non-hydrogen) atoms. The number of anilines is 1. The smallest absolute Gasteiger partial charge is 0.309 e. The molecule has 0 saturated carbocycles. The molecular weight excluding hydrogens is 448 g/mol. The molecule has 9 nitrogen and oxygen atoms in total. The van der Waals surface area contributed by atoms with Gasteiger partial charge in [0.1, 0.15) is 13.2 Å². The Kier molecular flexibility index (Phi) is 6.85. The van der Waals surface area contributed by atoms with Crippen LogP contribution in [0.2, 0.25) is 0 Å². The van der Waals surface area contributed by atoms with Crippen molar-refractivity contribution in [2.75, 3.05) is 44.9 Å². The minimum absolute atomic E-state index is 0.127. The highest BCUT2D eigenvalue weighted by atomic mass is 32.2. The van der Waals surface area contributed by atoms with Gasteiger partial charge in [0.2, 0.25) is 10.0 Å². The highest BCUT2D eigenvalue weighted by Crippen LogP contribution is 2.34. The van der Waals surface area contributed by atoms with Crippen molar-refractivity contribution >= 4 is 27.6 Å². The Morgan fingerprint density at radius 3 is 2.39 bits per heavy atom. The molecule has 0 atom stereocenters. The molecule has 0 bridgehead atoms. The number of hydrogen-bond donors (Lipinski definition) is 0. The van der Waals surface area contributed by atoms with Gasteiger partial charge in [0.25, 0.3) is 5.91 Å². The van der Waals surface area contributed by atoms with E-state index in [0.29, 0.717) is 43.2 Å². The van der Waals surface area contributed by atoms with Gasteiger partial charge in [0.05, 0.1) is 10.8 Å². The molecule has 4 rings (SSSR count). The minimum Gasteiger partial charge on any atom is -0.486 e. The number of likely N-dealkylation sites (N-methyl/N-ethyl adjacent to an activating group) is 1. The molecular formula is C23H26N2O7S. The van der Waals surface area contributed by atoms with Gasteiger partial charge in [-0.25, -0.2) is 8.42 Å². The first-order chi connectivity index (χ1) is 15.9. The van der Waals surface area contributed by atoms with E-state index in [1.165, 1.54) is 21.3 Å². The van der Waals surface area contributed by atoms with Crippen molar-refractivity contribution in [3.63, 3.8) is 0 Å². The quantitative estimate of drug-likeness (QED) is 0.591. The lowest BCUT2D eigenvalue weighted by Gasteiger charge is -2.30. The minimum atomic E-state index is -3.73. The molecule has 0 N–H and O–H groups in total. The first-order valence-electron chi connectivity index (χ1n) is 10.7. The highest BCUT2D eigenvalue weighted by molar-refractivity contribution is 7.89. The first kappa shape index (κ1) is 23.1. The summed E-state index contributed by atoms with van der Waals surface area (Å²) in [4.78, 5) is 26.3. The zero-order chi connectivity index (χ0) is 23.4. The van der Waals surface area contributed by atoms with Crippen LogP contribution >= 0.6 is 0 Å². The molecule has 0 spiro atoms. The van der Waals surface area contributed by atoms with Crippen molar-refractivity contribution in [1.82, 2.24) is 4.31 Å². The SMILES string of the molecule is CN(C(=O)COC(=O)C1CCN(S(=O)(=O)c2ccc3c(c2)OCCO3)CC1)c1ccccc1. The third kappa shape index (κ3) is 5.12. The van der Waals surface area contributed by atoms with E-state index in [2.05, 4.69) is 0 Å². The number of para-hydroxylation sites is 1. The average Bonchev–Trinajstić information content (AvgIpc) is 2.86. The van der Waals surface area contributed by atoms with Crippen LogP contribution < -0.4 is 14.4 Å². The summed E-state index contributed by atoms with van der Waals surface area (Å²) in [6.45, 7) is 0.813. The van der Waals surface area contributed by atoms with Crippen molar-refractivity contribution in [2.24, 2.45) is 5.92 Å². The summed E-state index contributed by atoms with van der Waals surface area (Å²) in [6.07, 6.45) is 0.649. The molecule has 0 aromatic heterocycles. The van der Waals surface area contributed by atoms with Crippen LogP contribution in [0, 0.1) is 5.92 Å². The molecule has 176 valence electrons. The van der Waals surface area contributed by atoms with E-state index in [0.717, 1.165) is 0 Å². The second-order valence-electron chi connectivity index (χ2n) is 7.88. The maximum atomic E-state index is 13.0. The average molecular weight is 475 g/mol. The number of benzene rings is 2. The second-order valence-corrected chi connectivity index (χ2v) is 9.82. The summed E-state index contributed by atoms with van der Waals surface area (Å²) in [7, 11) is -2.11. The molecule has 2 heterocycles. The number of amides is 1. The number of piperidine rings is 1. The Hall–Kier alpha value is -3.11. The lowest BCUT2D eigenvalue weighted by molar-refractivity contribution is -0.153. The van der Waals surface area contributed by atoms with E-state index in [4.69, 9.17) is 14.2 Å². The summed E-state index contributed by atoms with van der Waals surface area (Å²) < 4.78 is 43.6. The predicted molar refractivity (Wildman–Crippen MR) is 120 cm³/mol. The Morgan fingerprint density at radius 1 is 1.03 bits per heavy atom. The summed E-state index contributed by atoms with van der Waals surface area (Å²) in [5, 5.41) is 0. The molecule has 10 heteroatoms. The van der Waals surface area contributed by atoms with Crippen LogP contribution in [0.15, 0.2) is 53.4 Å². The molecule has 1 fully saturated rings. The lowest BCUT2D eigenvalue weighted by atomic mass is 9.98. The third-order valence-electron chi connectivity index (χ3n) is 5.79. The number of nitrogens with zero attached hydrogens (tertiary/aromatic N) is 2. The molecule has 1 amide bonds. The highest BCUT2D eigenvalue weighted by Gasteiger charge is 2.33. The van der Waals surface area contributed by atoms with Crippen molar-refractivity contribution in [3.05, 3.63) is 48.5 Å². The fourth-order valence-electron chi connectivity index (χ4n) is 3.81.